The van der Waals surface area contributed by atoms with Gasteiger partial charge in [0.05, 0.1) is 47.0 Å². The molecule has 0 saturated carbocycles. The van der Waals surface area contributed by atoms with Crippen LogP contribution in [0.1, 0.15) is 80.4 Å². The summed E-state index contributed by atoms with van der Waals surface area (Å²) in [5.41, 5.74) is 19.5. The number of nitrogens with two attached hydrogens (primary N) is 2. The van der Waals surface area contributed by atoms with Gasteiger partial charge >= 0.3 is 36.2 Å². The van der Waals surface area contributed by atoms with Crippen LogP contribution in [0.3, 0.4) is 0 Å². The number of amides is 2. The summed E-state index contributed by atoms with van der Waals surface area (Å²) in [6.45, 7) is 6.68. The molecule has 0 aliphatic rings. The number of thiophene rings is 2. The zero-order valence-corrected chi connectivity index (χ0v) is 61.7. The summed E-state index contributed by atoms with van der Waals surface area (Å²) in [4.78, 5) is 83.1. The lowest BCUT2D eigenvalue weighted by molar-refractivity contribution is -0.198. The molecule has 0 aliphatic carbocycles. The molecule has 0 unspecified atom stereocenters. The highest BCUT2D eigenvalue weighted by molar-refractivity contribution is 7.18. The zero-order valence-electron chi connectivity index (χ0n) is 58.6. The lowest BCUT2D eigenvalue weighted by Crippen LogP contribution is -2.34. The lowest BCUT2D eigenvalue weighted by Gasteiger charge is -2.24. The smallest absolute Gasteiger partial charge is 0.429 e. The molecule has 0 aliphatic heterocycles. The number of aliphatic carboxylic acids is 2. The quantitative estimate of drug-likeness (QED) is 0.0242. The maximum Gasteiger partial charge on any atom is 0.429 e. The van der Waals surface area contributed by atoms with Crippen molar-refractivity contribution < 1.29 is 84.3 Å². The van der Waals surface area contributed by atoms with E-state index in [9.17, 15) is 55.1 Å². The summed E-state index contributed by atoms with van der Waals surface area (Å²) in [6.07, 6.45) is -8.24. The molecule has 572 valence electrons. The Kier molecular flexibility index (Phi) is 28.4. The van der Waals surface area contributed by atoms with Crippen LogP contribution in [0.2, 0.25) is 10.0 Å². The zero-order chi connectivity index (χ0) is 79.4. The van der Waals surface area contributed by atoms with E-state index in [2.05, 4.69) is 40.8 Å². The van der Waals surface area contributed by atoms with Gasteiger partial charge in [-0.25, -0.2) is 29.3 Å². The molecular formula is C76H68Cl2F6N12O12S2. The molecule has 0 radical (unpaired) electrons. The van der Waals surface area contributed by atoms with E-state index in [1.54, 1.807) is 124 Å². The number of carbonyl (C=O) groups is 6. The van der Waals surface area contributed by atoms with Crippen LogP contribution in [0.15, 0.2) is 194 Å². The van der Waals surface area contributed by atoms with Gasteiger partial charge in [-0.05, 0) is 123 Å². The SMILES string of the molecule is CCOC(=O)[C@@H](N)Cc1ccc(-c2csc3c(O[C@H](c4ccc(Cl)cc4-n4ccc(C)n4)C(F)(F)F)ncnc23)cc1.CCOC(=O)[C@@H](N)Cc1ccc(-c2csc3c(O[C@H](c4ccc(Cl)cc4-n4ccc(C)n4)C(F)(F)F)ncnc23)cc1.O=C(O)CNC(=O)c1ccccc1.O=C(O)CNC(=O)c1ccccc1. The maximum absolute atomic E-state index is 14.5. The van der Waals surface area contributed by atoms with Crippen molar-refractivity contribution in [2.24, 2.45) is 11.5 Å². The number of carboxylic acid groups (broad SMARTS) is 2. The second-order valence-electron chi connectivity index (χ2n) is 23.7. The van der Waals surface area contributed by atoms with Crippen molar-refractivity contribution in [3.8, 4) is 45.4 Å². The van der Waals surface area contributed by atoms with E-state index >= 15 is 0 Å². The number of nitrogens with one attached hydrogen (secondary N) is 2. The van der Waals surface area contributed by atoms with Gasteiger partial charge in [-0.15, -0.1) is 22.7 Å². The number of fused-ring (bicyclic) bond motifs is 2. The number of carboxylic acids is 2. The predicted molar refractivity (Wildman–Crippen MR) is 401 cm³/mol. The molecule has 6 heterocycles. The minimum Gasteiger partial charge on any atom is -0.480 e. The minimum absolute atomic E-state index is 0.137. The molecule has 2 amide bonds. The van der Waals surface area contributed by atoms with Crippen LogP contribution in [-0.4, -0.2) is 136 Å². The van der Waals surface area contributed by atoms with E-state index in [0.717, 1.165) is 22.3 Å². The molecule has 34 heteroatoms. The molecule has 0 fully saturated rings. The molecule has 4 atom stereocenters. The van der Waals surface area contributed by atoms with Crippen molar-refractivity contribution in [3.63, 3.8) is 0 Å². The molecule has 110 heavy (non-hydrogen) atoms. The van der Waals surface area contributed by atoms with E-state index in [-0.39, 0.29) is 82.4 Å². The van der Waals surface area contributed by atoms with Crippen molar-refractivity contribution in [2.75, 3.05) is 26.3 Å². The summed E-state index contributed by atoms with van der Waals surface area (Å²) >= 11 is 14.6. The summed E-state index contributed by atoms with van der Waals surface area (Å²) in [5, 5.41) is 33.7. The highest BCUT2D eigenvalue weighted by Crippen LogP contribution is 2.46. The number of halogens is 8. The Balaban J connectivity index is 0.000000191. The van der Waals surface area contributed by atoms with Gasteiger partial charge < -0.3 is 51.3 Å². The van der Waals surface area contributed by atoms with Gasteiger partial charge in [-0.3, -0.25) is 28.8 Å². The second-order valence-corrected chi connectivity index (χ2v) is 26.3. The summed E-state index contributed by atoms with van der Waals surface area (Å²) in [5.74, 6) is -4.20. The van der Waals surface area contributed by atoms with E-state index in [1.807, 2.05) is 48.5 Å². The Morgan fingerprint density at radius 2 is 0.882 bits per heavy atom. The lowest BCUT2D eigenvalue weighted by atomic mass is 10.0. The van der Waals surface area contributed by atoms with Crippen LogP contribution >= 0.6 is 45.9 Å². The number of esters is 2. The Morgan fingerprint density at radius 1 is 0.518 bits per heavy atom. The first kappa shape index (κ1) is 82.4. The van der Waals surface area contributed by atoms with Crippen molar-refractivity contribution in [1.29, 1.82) is 0 Å². The number of aromatic nitrogens is 8. The molecule has 12 rings (SSSR count). The number of hydrogen-bond donors (Lipinski definition) is 6. The largest absolute Gasteiger partial charge is 0.480 e. The first-order chi connectivity index (χ1) is 52.5. The molecule has 6 aromatic heterocycles. The van der Waals surface area contributed by atoms with Gasteiger partial charge in [0.25, 0.3) is 11.8 Å². The fraction of sp³-hybridized carbons (Fsp3) is 0.211. The van der Waals surface area contributed by atoms with Crippen LogP contribution in [-0.2, 0) is 41.5 Å². The van der Waals surface area contributed by atoms with Gasteiger partial charge in [0.2, 0.25) is 24.0 Å². The van der Waals surface area contributed by atoms with Gasteiger partial charge in [0, 0.05) is 66.6 Å². The van der Waals surface area contributed by atoms with Crippen LogP contribution in [0.4, 0.5) is 26.3 Å². The van der Waals surface area contributed by atoms with E-state index in [0.29, 0.717) is 66.9 Å². The van der Waals surface area contributed by atoms with Crippen LogP contribution < -0.4 is 31.6 Å². The van der Waals surface area contributed by atoms with Crippen LogP contribution in [0.25, 0.3) is 54.1 Å². The second kappa shape index (κ2) is 37.9. The maximum atomic E-state index is 14.5. The minimum atomic E-state index is -4.79. The van der Waals surface area contributed by atoms with Crippen molar-refractivity contribution in [1.82, 2.24) is 50.1 Å². The summed E-state index contributed by atoms with van der Waals surface area (Å²) in [7, 11) is 0. The third-order valence-corrected chi connectivity index (χ3v) is 18.1. The fourth-order valence-corrected chi connectivity index (χ4v) is 12.8. The fourth-order valence-electron chi connectivity index (χ4n) is 10.6. The Morgan fingerprint density at radius 3 is 1.20 bits per heavy atom. The van der Waals surface area contributed by atoms with Gasteiger partial charge in [-0.2, -0.15) is 36.5 Å². The number of ether oxygens (including phenoxy) is 4. The molecule has 12 aromatic rings. The van der Waals surface area contributed by atoms with E-state index in [4.69, 9.17) is 63.8 Å². The molecule has 0 bridgehead atoms. The van der Waals surface area contributed by atoms with Crippen molar-refractivity contribution >= 4 is 102 Å². The topological polar surface area (TPSA) is 343 Å². The Labute approximate surface area is 641 Å². The summed E-state index contributed by atoms with van der Waals surface area (Å²) in [6, 6.07) is 41.5. The molecule has 6 aromatic carbocycles. The molecule has 24 nitrogen and oxygen atoms in total. The number of benzene rings is 6. The first-order valence-electron chi connectivity index (χ1n) is 33.2. The molecule has 0 spiro atoms. The first-order valence-corrected chi connectivity index (χ1v) is 35.7. The Bertz CT molecular complexity index is 4850. The summed E-state index contributed by atoms with van der Waals surface area (Å²) < 4.78 is 112. The Hall–Kier alpha value is -11.7. The highest BCUT2D eigenvalue weighted by Gasteiger charge is 2.47. The van der Waals surface area contributed by atoms with E-state index < -0.39 is 60.5 Å². The average Bonchev–Trinajstić information content (AvgIpc) is 1.51. The average molecular weight is 1590 g/mol. The van der Waals surface area contributed by atoms with Crippen molar-refractivity contribution in [2.45, 2.75) is 77.2 Å². The van der Waals surface area contributed by atoms with Gasteiger partial charge in [-0.1, -0.05) is 120 Å². The van der Waals surface area contributed by atoms with Crippen LogP contribution in [0, 0.1) is 13.8 Å². The van der Waals surface area contributed by atoms with Gasteiger partial charge in [0.15, 0.2) is 0 Å². The number of aryl methyl sites for hydroxylation is 2. The number of alkyl halides is 6. The number of carbonyl (C=O) groups excluding carboxylic acids is 4. The predicted octanol–water partition coefficient (Wildman–Crippen LogP) is 14.2. The molecular weight excluding hydrogens is 1520 g/mol. The van der Waals surface area contributed by atoms with E-state index in [1.165, 1.54) is 81.1 Å². The monoisotopic (exact) mass is 1590 g/mol. The normalized spacial score (nSPS) is 12.3. The highest BCUT2D eigenvalue weighted by atomic mass is 35.5. The number of rotatable bonds is 24. The molecule has 0 saturated heterocycles. The van der Waals surface area contributed by atoms with Crippen molar-refractivity contribution in [3.05, 3.63) is 248 Å². The number of hydrogen-bond acceptors (Lipinski definition) is 20. The third kappa shape index (κ3) is 22.3. The van der Waals surface area contributed by atoms with Gasteiger partial charge in [0.1, 0.15) is 47.2 Å². The standard InChI is InChI=1S/2C29H25ClF3N5O3S.2C9H9NO3/c2*1-3-40-28(39)22(34)12-17-4-6-18(7-5-17)21-14-42-25-24(21)35-15-36-27(25)41-26(29(31,32)33)20-9-8-19(30)13-23(20)38-11-10-16(2)37-38;2*11-8(12)6-10-9(13)7-4-2-1-3-5-7/h2*4-11,13-15,22,26H,3,12,34H2,1-2H3;2*1-5H,6H2,(H,10,13)(H,11,12)/t2*22-,26+;;/m00../s1. The number of nitrogens with zero attached hydrogens (tertiary/aromatic N) is 8. The third-order valence-electron chi connectivity index (χ3n) is 15.7. The molecule has 8 N–H and O–H groups in total. The van der Waals surface area contributed by atoms with Crippen LogP contribution in [0.5, 0.6) is 11.8 Å².